The van der Waals surface area contributed by atoms with Crippen molar-refractivity contribution in [3.63, 3.8) is 0 Å². The highest BCUT2D eigenvalue weighted by Gasteiger charge is 2.34. The molecule has 1 aliphatic rings. The van der Waals surface area contributed by atoms with Crippen molar-refractivity contribution in [1.82, 2.24) is 29.7 Å². The van der Waals surface area contributed by atoms with Crippen molar-refractivity contribution >= 4 is 22.6 Å². The van der Waals surface area contributed by atoms with Crippen LogP contribution in [0.4, 0.5) is 5.82 Å². The zero-order chi connectivity index (χ0) is 24.2. The van der Waals surface area contributed by atoms with Gasteiger partial charge in [0.1, 0.15) is 24.5 Å². The topological polar surface area (TPSA) is 110 Å². The van der Waals surface area contributed by atoms with Gasteiger partial charge in [0, 0.05) is 50.4 Å². The molecule has 0 aliphatic carbocycles. The fourth-order valence-corrected chi connectivity index (χ4v) is 4.48. The molecular weight excluding hydrogens is 442 g/mol. The summed E-state index contributed by atoms with van der Waals surface area (Å²) in [5.74, 6) is 0.523. The molecule has 1 saturated heterocycles. The van der Waals surface area contributed by atoms with Gasteiger partial charge in [0.05, 0.1) is 17.8 Å². The van der Waals surface area contributed by atoms with Crippen molar-refractivity contribution in [2.45, 2.75) is 19.1 Å². The summed E-state index contributed by atoms with van der Waals surface area (Å²) in [5, 5.41) is 0.815. The predicted molar refractivity (Wildman–Crippen MR) is 133 cm³/mol. The molecule has 2 aromatic heterocycles. The first-order valence-electron chi connectivity index (χ1n) is 11.5. The van der Waals surface area contributed by atoms with Crippen LogP contribution in [0.1, 0.15) is 11.1 Å². The van der Waals surface area contributed by atoms with Crippen LogP contribution in [0.3, 0.4) is 0 Å². The van der Waals surface area contributed by atoms with Gasteiger partial charge in [0.2, 0.25) is 5.91 Å². The monoisotopic (exact) mass is 469 g/mol. The first kappa shape index (κ1) is 22.8. The van der Waals surface area contributed by atoms with Crippen LogP contribution in [0.2, 0.25) is 0 Å². The second kappa shape index (κ2) is 10.1. The lowest BCUT2D eigenvalue weighted by atomic mass is 10.1. The minimum absolute atomic E-state index is 0.0676. The highest BCUT2D eigenvalue weighted by atomic mass is 16.5. The maximum absolute atomic E-state index is 13.4. The van der Waals surface area contributed by atoms with Gasteiger partial charge in [-0.3, -0.25) is 9.69 Å². The number of carbonyl (C=O) groups excluding carboxylic acids is 1. The number of fused-ring (bicyclic) bond motifs is 1. The number of nitrogen functional groups attached to an aromatic ring is 1. The number of hydrogen-bond acceptors (Lipinski definition) is 8. The van der Waals surface area contributed by atoms with E-state index in [1.807, 2.05) is 29.2 Å². The average Bonchev–Trinajstić information content (AvgIpc) is 2.89. The third-order valence-corrected chi connectivity index (χ3v) is 6.34. The van der Waals surface area contributed by atoms with Crippen LogP contribution in [-0.2, 0) is 22.6 Å². The second-order valence-corrected chi connectivity index (χ2v) is 8.60. The molecule has 3 heterocycles. The standard InChI is InChI=1S/C26H27N7O2/c1-35-15-24-26(34)33(14-19-4-7-21-23(12-19)30-17-31-25(21)27)11-10-32(24)13-18-2-5-20(6-3-18)22-8-9-28-16-29-22/h2-9,12,16-17,24H,10-11,13-15H2,1H3,(H2,27,30,31)/t24-/m0/s1. The number of rotatable bonds is 7. The lowest BCUT2D eigenvalue weighted by Crippen LogP contribution is -2.57. The van der Waals surface area contributed by atoms with Gasteiger partial charge in [-0.05, 0) is 29.3 Å². The van der Waals surface area contributed by atoms with Gasteiger partial charge in [0.15, 0.2) is 0 Å². The maximum atomic E-state index is 13.4. The molecule has 0 spiro atoms. The molecule has 1 atom stereocenters. The number of carbonyl (C=O) groups is 1. The number of hydrogen-bond donors (Lipinski definition) is 1. The van der Waals surface area contributed by atoms with Crippen molar-refractivity contribution in [2.24, 2.45) is 0 Å². The van der Waals surface area contributed by atoms with Crippen LogP contribution >= 0.6 is 0 Å². The Kier molecular flexibility index (Phi) is 6.60. The maximum Gasteiger partial charge on any atom is 0.242 e. The molecule has 1 aliphatic heterocycles. The van der Waals surface area contributed by atoms with Crippen LogP contribution in [0, 0.1) is 0 Å². The van der Waals surface area contributed by atoms with E-state index in [0.29, 0.717) is 32.1 Å². The molecule has 1 fully saturated rings. The van der Waals surface area contributed by atoms with E-state index in [1.54, 1.807) is 19.6 Å². The Labute approximate surface area is 203 Å². The van der Waals surface area contributed by atoms with E-state index < -0.39 is 0 Å². The number of anilines is 1. The van der Waals surface area contributed by atoms with E-state index in [9.17, 15) is 4.79 Å². The highest BCUT2D eigenvalue weighted by Crippen LogP contribution is 2.23. The summed E-state index contributed by atoms with van der Waals surface area (Å²) in [6.45, 7) is 2.93. The van der Waals surface area contributed by atoms with Crippen molar-refractivity contribution in [3.05, 3.63) is 78.5 Å². The van der Waals surface area contributed by atoms with E-state index in [0.717, 1.165) is 39.8 Å². The fourth-order valence-electron chi connectivity index (χ4n) is 4.48. The van der Waals surface area contributed by atoms with Crippen LogP contribution in [0.25, 0.3) is 22.2 Å². The quantitative estimate of drug-likeness (QED) is 0.440. The summed E-state index contributed by atoms with van der Waals surface area (Å²) in [6.07, 6.45) is 4.74. The van der Waals surface area contributed by atoms with Crippen molar-refractivity contribution in [3.8, 4) is 11.3 Å². The number of piperazine rings is 1. The zero-order valence-corrected chi connectivity index (χ0v) is 19.5. The smallest absolute Gasteiger partial charge is 0.242 e. The van der Waals surface area contributed by atoms with Crippen molar-refractivity contribution < 1.29 is 9.53 Å². The van der Waals surface area contributed by atoms with Gasteiger partial charge < -0.3 is 15.4 Å². The predicted octanol–water partition coefficient (Wildman–Crippen LogP) is 2.53. The summed E-state index contributed by atoms with van der Waals surface area (Å²) in [7, 11) is 1.63. The Morgan fingerprint density at radius 1 is 0.971 bits per heavy atom. The van der Waals surface area contributed by atoms with E-state index in [1.165, 1.54) is 6.33 Å². The molecule has 4 aromatic rings. The molecule has 0 unspecified atom stereocenters. The van der Waals surface area contributed by atoms with Gasteiger partial charge in [-0.15, -0.1) is 0 Å². The van der Waals surface area contributed by atoms with Crippen LogP contribution < -0.4 is 5.73 Å². The normalized spacial score (nSPS) is 16.7. The highest BCUT2D eigenvalue weighted by molar-refractivity contribution is 5.88. The van der Waals surface area contributed by atoms with E-state index in [2.05, 4.69) is 49.1 Å². The first-order chi connectivity index (χ1) is 17.1. The Hall–Kier alpha value is -3.95. The SMILES string of the molecule is COC[C@H]1C(=O)N(Cc2ccc3c(N)ncnc3c2)CCN1Cc1ccc(-c2ccncn2)cc1. The zero-order valence-electron chi connectivity index (χ0n) is 19.5. The molecule has 9 nitrogen and oxygen atoms in total. The molecule has 1 amide bonds. The molecule has 2 N–H and O–H groups in total. The number of nitrogens with two attached hydrogens (primary N) is 1. The molecule has 2 aromatic carbocycles. The number of amides is 1. The van der Waals surface area contributed by atoms with Gasteiger partial charge in [-0.1, -0.05) is 30.3 Å². The summed E-state index contributed by atoms with van der Waals surface area (Å²) < 4.78 is 5.43. The van der Waals surface area contributed by atoms with Crippen LogP contribution in [0.5, 0.6) is 0 Å². The number of ether oxygens (including phenoxy) is 1. The molecule has 9 heteroatoms. The van der Waals surface area contributed by atoms with Crippen LogP contribution in [-0.4, -0.2) is 68.5 Å². The first-order valence-corrected chi connectivity index (χ1v) is 11.5. The summed E-state index contributed by atoms with van der Waals surface area (Å²) in [5.41, 5.74) is 10.8. The van der Waals surface area contributed by atoms with E-state index in [-0.39, 0.29) is 11.9 Å². The number of nitrogens with zero attached hydrogens (tertiary/aromatic N) is 6. The fraction of sp³-hybridized carbons (Fsp3) is 0.269. The van der Waals surface area contributed by atoms with Crippen molar-refractivity contribution in [2.75, 3.05) is 32.5 Å². The lowest BCUT2D eigenvalue weighted by molar-refractivity contribution is -0.145. The average molecular weight is 470 g/mol. The third kappa shape index (κ3) is 4.96. The lowest BCUT2D eigenvalue weighted by Gasteiger charge is -2.40. The Morgan fingerprint density at radius 2 is 1.80 bits per heavy atom. The Balaban J connectivity index is 1.28. The number of aromatic nitrogens is 4. The minimum Gasteiger partial charge on any atom is -0.383 e. The number of benzene rings is 2. The van der Waals surface area contributed by atoms with E-state index >= 15 is 0 Å². The van der Waals surface area contributed by atoms with Gasteiger partial charge in [-0.25, -0.2) is 19.9 Å². The molecule has 35 heavy (non-hydrogen) atoms. The van der Waals surface area contributed by atoms with Gasteiger partial charge in [0.25, 0.3) is 0 Å². The second-order valence-electron chi connectivity index (χ2n) is 8.60. The molecular formula is C26H27N7O2. The van der Waals surface area contributed by atoms with E-state index in [4.69, 9.17) is 10.5 Å². The largest absolute Gasteiger partial charge is 0.383 e. The van der Waals surface area contributed by atoms with Gasteiger partial charge >= 0.3 is 0 Å². The van der Waals surface area contributed by atoms with Crippen molar-refractivity contribution in [1.29, 1.82) is 0 Å². The minimum atomic E-state index is -0.339. The van der Waals surface area contributed by atoms with Crippen LogP contribution in [0.15, 0.2) is 67.4 Å². The molecule has 5 rings (SSSR count). The molecule has 0 radical (unpaired) electrons. The third-order valence-electron chi connectivity index (χ3n) is 6.34. The Morgan fingerprint density at radius 3 is 2.57 bits per heavy atom. The molecule has 0 saturated carbocycles. The summed E-state index contributed by atoms with van der Waals surface area (Å²) in [4.78, 5) is 34.1. The summed E-state index contributed by atoms with van der Waals surface area (Å²) in [6, 6.07) is 15.7. The molecule has 0 bridgehead atoms. The number of methoxy groups -OCH3 is 1. The molecule has 178 valence electrons. The Bertz CT molecular complexity index is 1310. The van der Waals surface area contributed by atoms with Gasteiger partial charge in [-0.2, -0.15) is 0 Å². The summed E-state index contributed by atoms with van der Waals surface area (Å²) >= 11 is 0.